The molecule has 18 heavy (non-hydrogen) atoms. The fourth-order valence-electron chi connectivity index (χ4n) is 2.87. The van der Waals surface area contributed by atoms with Crippen LogP contribution in [0, 0.1) is 5.92 Å². The van der Waals surface area contributed by atoms with Crippen LogP contribution in [-0.2, 0) is 4.79 Å². The number of benzene rings is 1. The Morgan fingerprint density at radius 3 is 2.89 bits per heavy atom. The number of halogens is 2. The minimum absolute atomic E-state index is 0.0320. The van der Waals surface area contributed by atoms with Gasteiger partial charge in [0.25, 0.3) is 0 Å². The van der Waals surface area contributed by atoms with Gasteiger partial charge in [-0.1, -0.05) is 35.4 Å². The number of carbonyl (C=O) groups is 1. The van der Waals surface area contributed by atoms with Crippen molar-refractivity contribution in [3.05, 3.63) is 39.9 Å². The molecule has 2 N–H and O–H groups in total. The van der Waals surface area contributed by atoms with Gasteiger partial charge in [-0.3, -0.25) is 0 Å². The molecule has 3 nitrogen and oxygen atoms in total. The standard InChI is InChI=1S/C13H11Cl2NO2/c14-6-4-9-7-2-1-3-8(7)12(13(17)18)16-11(9)10(15)5-6/h1-2,4-5,7-8,12,16H,3H2,(H,17,18)/t7-,8+,12-/m1/s1. The van der Waals surface area contributed by atoms with Crippen molar-refractivity contribution in [3.63, 3.8) is 0 Å². The quantitative estimate of drug-likeness (QED) is 0.775. The van der Waals surface area contributed by atoms with Crippen LogP contribution in [0.2, 0.25) is 10.0 Å². The molecule has 0 saturated carbocycles. The first-order chi connectivity index (χ1) is 8.58. The summed E-state index contributed by atoms with van der Waals surface area (Å²) in [5.41, 5.74) is 1.69. The summed E-state index contributed by atoms with van der Waals surface area (Å²) in [7, 11) is 0. The van der Waals surface area contributed by atoms with Crippen molar-refractivity contribution < 1.29 is 9.90 Å². The lowest BCUT2D eigenvalue weighted by Crippen LogP contribution is -2.41. The molecular weight excluding hydrogens is 273 g/mol. The Bertz CT molecular complexity index is 556. The number of nitrogens with one attached hydrogen (secondary N) is 1. The van der Waals surface area contributed by atoms with Crippen LogP contribution in [0.25, 0.3) is 0 Å². The monoisotopic (exact) mass is 283 g/mol. The van der Waals surface area contributed by atoms with Crippen LogP contribution in [0.15, 0.2) is 24.3 Å². The Hall–Kier alpha value is -1.19. The van der Waals surface area contributed by atoms with Gasteiger partial charge in [0.15, 0.2) is 0 Å². The molecule has 0 aromatic heterocycles. The summed E-state index contributed by atoms with van der Waals surface area (Å²) in [5, 5.41) is 13.4. The Labute approximate surface area is 114 Å². The fourth-order valence-corrected chi connectivity index (χ4v) is 3.43. The van der Waals surface area contributed by atoms with Gasteiger partial charge in [0.2, 0.25) is 0 Å². The Balaban J connectivity index is 2.14. The summed E-state index contributed by atoms with van der Waals surface area (Å²) < 4.78 is 0. The van der Waals surface area contributed by atoms with E-state index in [1.165, 1.54) is 0 Å². The second-order valence-electron chi connectivity index (χ2n) is 4.67. The number of aliphatic carboxylic acids is 1. The predicted octanol–water partition coefficient (Wildman–Crippen LogP) is 3.53. The maximum Gasteiger partial charge on any atom is 0.326 e. The van der Waals surface area contributed by atoms with E-state index in [-0.39, 0.29) is 11.8 Å². The second kappa shape index (κ2) is 4.18. The number of allylic oxidation sites excluding steroid dienone is 2. The highest BCUT2D eigenvalue weighted by atomic mass is 35.5. The molecule has 2 aliphatic rings. The van der Waals surface area contributed by atoms with E-state index in [0.717, 1.165) is 12.0 Å². The minimum Gasteiger partial charge on any atom is -0.480 e. The Morgan fingerprint density at radius 2 is 2.17 bits per heavy atom. The zero-order chi connectivity index (χ0) is 12.9. The van der Waals surface area contributed by atoms with Gasteiger partial charge < -0.3 is 10.4 Å². The van der Waals surface area contributed by atoms with Crippen molar-refractivity contribution in [3.8, 4) is 0 Å². The van der Waals surface area contributed by atoms with E-state index in [4.69, 9.17) is 23.2 Å². The lowest BCUT2D eigenvalue weighted by atomic mass is 9.79. The highest BCUT2D eigenvalue weighted by Crippen LogP contribution is 2.47. The molecule has 0 spiro atoms. The summed E-state index contributed by atoms with van der Waals surface area (Å²) in [5.74, 6) is -0.728. The van der Waals surface area contributed by atoms with Gasteiger partial charge in [0.05, 0.1) is 10.7 Å². The van der Waals surface area contributed by atoms with Crippen LogP contribution in [0.5, 0.6) is 0 Å². The molecule has 5 heteroatoms. The van der Waals surface area contributed by atoms with Crippen molar-refractivity contribution in [2.75, 3.05) is 5.32 Å². The van der Waals surface area contributed by atoms with E-state index < -0.39 is 12.0 Å². The molecule has 0 radical (unpaired) electrons. The molecule has 94 valence electrons. The largest absolute Gasteiger partial charge is 0.480 e. The molecule has 1 aromatic rings. The zero-order valence-electron chi connectivity index (χ0n) is 9.36. The molecule has 3 rings (SSSR count). The number of carboxylic acids is 1. The highest BCUT2D eigenvalue weighted by Gasteiger charge is 2.41. The number of carboxylic acid groups (broad SMARTS) is 1. The predicted molar refractivity (Wildman–Crippen MR) is 71.5 cm³/mol. The van der Waals surface area contributed by atoms with Gasteiger partial charge >= 0.3 is 5.97 Å². The summed E-state index contributed by atoms with van der Waals surface area (Å²) in [6, 6.07) is 2.89. The van der Waals surface area contributed by atoms with Crippen molar-refractivity contribution >= 4 is 34.9 Å². The molecule has 0 fully saturated rings. The summed E-state index contributed by atoms with van der Waals surface area (Å²) in [4.78, 5) is 11.3. The smallest absolute Gasteiger partial charge is 0.326 e. The van der Waals surface area contributed by atoms with Crippen molar-refractivity contribution in [2.24, 2.45) is 5.92 Å². The van der Waals surface area contributed by atoms with E-state index in [1.54, 1.807) is 6.07 Å². The van der Waals surface area contributed by atoms with Crippen LogP contribution >= 0.6 is 23.2 Å². The summed E-state index contributed by atoms with van der Waals surface area (Å²) >= 11 is 12.2. The third-order valence-electron chi connectivity index (χ3n) is 3.65. The number of rotatable bonds is 1. The van der Waals surface area contributed by atoms with Crippen molar-refractivity contribution in [1.29, 1.82) is 0 Å². The van der Waals surface area contributed by atoms with Crippen LogP contribution < -0.4 is 5.32 Å². The van der Waals surface area contributed by atoms with Gasteiger partial charge in [-0.15, -0.1) is 0 Å². The molecule has 1 heterocycles. The van der Waals surface area contributed by atoms with Crippen molar-refractivity contribution in [2.45, 2.75) is 18.4 Å². The van der Waals surface area contributed by atoms with Gasteiger partial charge in [-0.25, -0.2) is 4.79 Å². The molecule has 1 aliphatic carbocycles. The van der Waals surface area contributed by atoms with E-state index in [0.29, 0.717) is 15.7 Å². The van der Waals surface area contributed by atoms with E-state index >= 15 is 0 Å². The first-order valence-electron chi connectivity index (χ1n) is 5.73. The first-order valence-corrected chi connectivity index (χ1v) is 6.48. The zero-order valence-corrected chi connectivity index (χ0v) is 10.9. The SMILES string of the molecule is O=C(O)[C@@H]1Nc2c(Cl)cc(Cl)cc2[C@@H]2C=CC[C@H]12. The minimum atomic E-state index is -0.842. The van der Waals surface area contributed by atoms with E-state index in [9.17, 15) is 9.90 Å². The maximum atomic E-state index is 11.3. The van der Waals surface area contributed by atoms with Gasteiger partial charge in [-0.05, 0) is 24.1 Å². The molecule has 0 saturated heterocycles. The van der Waals surface area contributed by atoms with Crippen LogP contribution in [0.1, 0.15) is 17.9 Å². The number of hydrogen-bond donors (Lipinski definition) is 2. The van der Waals surface area contributed by atoms with Crippen LogP contribution in [0.4, 0.5) is 5.69 Å². The third-order valence-corrected chi connectivity index (χ3v) is 4.17. The number of hydrogen-bond acceptors (Lipinski definition) is 2. The molecule has 0 bridgehead atoms. The average Bonchev–Trinajstić information content (AvgIpc) is 2.76. The topological polar surface area (TPSA) is 49.3 Å². The molecular formula is C13H11Cl2NO2. The molecule has 1 aromatic carbocycles. The number of fused-ring (bicyclic) bond motifs is 3. The van der Waals surface area contributed by atoms with Gasteiger partial charge in [0.1, 0.15) is 6.04 Å². The first kappa shape index (κ1) is 11.9. The van der Waals surface area contributed by atoms with Crippen molar-refractivity contribution in [1.82, 2.24) is 0 Å². The normalized spacial score (nSPS) is 28.4. The lowest BCUT2D eigenvalue weighted by Gasteiger charge is -2.35. The van der Waals surface area contributed by atoms with Gasteiger partial charge in [0, 0.05) is 16.9 Å². The lowest BCUT2D eigenvalue weighted by molar-refractivity contribution is -0.139. The molecule has 1 aliphatic heterocycles. The second-order valence-corrected chi connectivity index (χ2v) is 5.51. The Morgan fingerprint density at radius 1 is 1.39 bits per heavy atom. The fraction of sp³-hybridized carbons (Fsp3) is 0.308. The average molecular weight is 284 g/mol. The highest BCUT2D eigenvalue weighted by molar-refractivity contribution is 6.36. The van der Waals surface area contributed by atoms with E-state index in [1.807, 2.05) is 18.2 Å². The Kier molecular flexibility index (Phi) is 2.76. The third kappa shape index (κ3) is 1.70. The molecule has 3 atom stereocenters. The van der Waals surface area contributed by atoms with E-state index in [2.05, 4.69) is 5.32 Å². The van der Waals surface area contributed by atoms with Crippen LogP contribution in [0.3, 0.4) is 0 Å². The molecule has 0 unspecified atom stereocenters. The summed E-state index contributed by atoms with van der Waals surface area (Å²) in [6.45, 7) is 0. The number of anilines is 1. The molecule has 0 amide bonds. The van der Waals surface area contributed by atoms with Gasteiger partial charge in [-0.2, -0.15) is 0 Å². The van der Waals surface area contributed by atoms with Crippen LogP contribution in [-0.4, -0.2) is 17.1 Å². The summed E-state index contributed by atoms with van der Waals surface area (Å²) in [6.07, 6.45) is 4.84. The maximum absolute atomic E-state index is 11.3.